The fourth-order valence-corrected chi connectivity index (χ4v) is 4.76. The fraction of sp³-hybridized carbons (Fsp3) is 0.625. The summed E-state index contributed by atoms with van der Waals surface area (Å²) in [4.78, 5) is 12.5. The molecular formula is C24H35N3O. The van der Waals surface area contributed by atoms with E-state index >= 15 is 0 Å². The maximum atomic E-state index is 12.5. The largest absolute Gasteiger partial charge is 0.315 e. The lowest BCUT2D eigenvalue weighted by molar-refractivity contribution is -0.120. The maximum absolute atomic E-state index is 12.5. The Hall–Kier alpha value is -1.97. The minimum absolute atomic E-state index is 0.382. The molecule has 0 unspecified atom stereocenters. The molecule has 0 radical (unpaired) electrons. The van der Waals surface area contributed by atoms with Crippen molar-refractivity contribution in [1.82, 2.24) is 14.8 Å². The third kappa shape index (κ3) is 4.89. The van der Waals surface area contributed by atoms with Crippen LogP contribution in [0.15, 0.2) is 24.3 Å². The lowest BCUT2D eigenvalue weighted by Crippen LogP contribution is -2.13. The van der Waals surface area contributed by atoms with Gasteiger partial charge in [0.1, 0.15) is 17.4 Å². The number of aryl methyl sites for hydroxylation is 1. The van der Waals surface area contributed by atoms with E-state index in [9.17, 15) is 4.79 Å². The standard InChI is InChI=1S/C24H35N3O/c1-4-9-18(10-5-2)15-22(28)13-14-23-25-26-24(27(23)6-3)21-16-19-11-7-8-12-20(19)17-21/h7-8,11-12,18,21H,4-6,9-10,13-17H2,1-3H3. The van der Waals surface area contributed by atoms with Crippen LogP contribution in [-0.2, 0) is 30.6 Å². The summed E-state index contributed by atoms with van der Waals surface area (Å²) in [5, 5.41) is 9.03. The van der Waals surface area contributed by atoms with Gasteiger partial charge in [-0.1, -0.05) is 63.8 Å². The Labute approximate surface area is 169 Å². The first-order valence-electron chi connectivity index (χ1n) is 11.2. The second-order valence-electron chi connectivity index (χ2n) is 8.28. The minimum atomic E-state index is 0.382. The van der Waals surface area contributed by atoms with E-state index in [1.165, 1.54) is 11.1 Å². The van der Waals surface area contributed by atoms with Crippen molar-refractivity contribution in [2.75, 3.05) is 0 Å². The molecule has 4 heteroatoms. The number of benzene rings is 1. The van der Waals surface area contributed by atoms with Crippen molar-refractivity contribution in [1.29, 1.82) is 0 Å². The molecule has 28 heavy (non-hydrogen) atoms. The molecule has 0 bridgehead atoms. The van der Waals surface area contributed by atoms with Crippen LogP contribution in [0, 0.1) is 5.92 Å². The van der Waals surface area contributed by atoms with Gasteiger partial charge < -0.3 is 4.57 Å². The van der Waals surface area contributed by atoms with Crippen LogP contribution in [0.3, 0.4) is 0 Å². The average molecular weight is 382 g/mol. The number of carbonyl (C=O) groups excluding carboxylic acids is 1. The number of Topliss-reactive ketones (excluding diaryl/α,β-unsaturated/α-hetero) is 1. The lowest BCUT2D eigenvalue weighted by Gasteiger charge is -2.14. The van der Waals surface area contributed by atoms with E-state index in [1.54, 1.807) is 0 Å². The van der Waals surface area contributed by atoms with Crippen molar-refractivity contribution in [3.63, 3.8) is 0 Å². The Morgan fingerprint density at radius 3 is 2.29 bits per heavy atom. The Morgan fingerprint density at radius 2 is 1.71 bits per heavy atom. The third-order valence-electron chi connectivity index (χ3n) is 6.13. The van der Waals surface area contributed by atoms with Gasteiger partial charge in [-0.05, 0) is 36.8 Å². The van der Waals surface area contributed by atoms with E-state index in [2.05, 4.69) is 59.8 Å². The zero-order valence-electron chi connectivity index (χ0n) is 17.8. The monoisotopic (exact) mass is 381 g/mol. The zero-order chi connectivity index (χ0) is 19.9. The molecule has 1 heterocycles. The number of fused-ring (bicyclic) bond motifs is 1. The molecule has 152 valence electrons. The highest BCUT2D eigenvalue weighted by Crippen LogP contribution is 2.33. The molecule has 0 fully saturated rings. The number of aromatic nitrogens is 3. The van der Waals surface area contributed by atoms with Gasteiger partial charge in [0.25, 0.3) is 0 Å². The van der Waals surface area contributed by atoms with E-state index in [0.29, 0.717) is 30.5 Å². The summed E-state index contributed by atoms with van der Waals surface area (Å²) in [6.45, 7) is 7.44. The molecule has 0 aliphatic heterocycles. The van der Waals surface area contributed by atoms with Crippen molar-refractivity contribution in [2.45, 2.75) is 91.0 Å². The quantitative estimate of drug-likeness (QED) is 0.531. The molecule has 0 N–H and O–H groups in total. The van der Waals surface area contributed by atoms with Gasteiger partial charge in [-0.25, -0.2) is 0 Å². The SMILES string of the molecule is CCCC(CCC)CC(=O)CCc1nnc(C2Cc3ccccc3C2)n1CC. The first-order valence-corrected chi connectivity index (χ1v) is 11.2. The Morgan fingerprint density at radius 1 is 1.07 bits per heavy atom. The third-order valence-corrected chi connectivity index (χ3v) is 6.13. The first-order chi connectivity index (χ1) is 13.7. The predicted octanol–water partition coefficient (Wildman–Crippen LogP) is 5.29. The highest BCUT2D eigenvalue weighted by atomic mass is 16.1. The summed E-state index contributed by atoms with van der Waals surface area (Å²) in [5.41, 5.74) is 2.88. The average Bonchev–Trinajstić information content (AvgIpc) is 3.30. The smallest absolute Gasteiger partial charge is 0.136 e. The summed E-state index contributed by atoms with van der Waals surface area (Å²) in [7, 11) is 0. The van der Waals surface area contributed by atoms with Crippen molar-refractivity contribution in [3.8, 4) is 0 Å². The number of hydrogen-bond donors (Lipinski definition) is 0. The van der Waals surface area contributed by atoms with Gasteiger partial charge in [-0.3, -0.25) is 4.79 Å². The Kier molecular flexibility index (Phi) is 7.41. The van der Waals surface area contributed by atoms with E-state index in [-0.39, 0.29) is 0 Å². The lowest BCUT2D eigenvalue weighted by atomic mass is 9.91. The molecule has 0 saturated carbocycles. The first kappa shape index (κ1) is 20.8. The number of nitrogens with zero attached hydrogens (tertiary/aromatic N) is 3. The van der Waals surface area contributed by atoms with E-state index < -0.39 is 0 Å². The molecule has 2 aromatic rings. The van der Waals surface area contributed by atoms with Gasteiger partial charge in [0.2, 0.25) is 0 Å². The normalized spacial score (nSPS) is 14.0. The predicted molar refractivity (Wildman–Crippen MR) is 114 cm³/mol. The van der Waals surface area contributed by atoms with Crippen molar-refractivity contribution < 1.29 is 4.79 Å². The summed E-state index contributed by atoms with van der Waals surface area (Å²) < 4.78 is 2.25. The summed E-state index contributed by atoms with van der Waals surface area (Å²) in [6, 6.07) is 8.69. The van der Waals surface area contributed by atoms with Gasteiger partial charge in [0.05, 0.1) is 0 Å². The van der Waals surface area contributed by atoms with Crippen molar-refractivity contribution in [2.24, 2.45) is 5.92 Å². The highest BCUT2D eigenvalue weighted by Gasteiger charge is 2.27. The van der Waals surface area contributed by atoms with Crippen LogP contribution < -0.4 is 0 Å². The molecular weight excluding hydrogens is 346 g/mol. The molecule has 0 spiro atoms. The maximum Gasteiger partial charge on any atom is 0.136 e. The van der Waals surface area contributed by atoms with Crippen molar-refractivity contribution >= 4 is 5.78 Å². The highest BCUT2D eigenvalue weighted by molar-refractivity contribution is 5.78. The molecule has 0 atom stereocenters. The van der Waals surface area contributed by atoms with Gasteiger partial charge >= 0.3 is 0 Å². The van der Waals surface area contributed by atoms with Crippen molar-refractivity contribution in [3.05, 3.63) is 47.0 Å². The Bertz CT molecular complexity index is 749. The minimum Gasteiger partial charge on any atom is -0.315 e. The van der Waals surface area contributed by atoms with Crippen LogP contribution in [0.25, 0.3) is 0 Å². The number of carbonyl (C=O) groups is 1. The van der Waals surface area contributed by atoms with Crippen LogP contribution >= 0.6 is 0 Å². The van der Waals surface area contributed by atoms with Gasteiger partial charge in [0.15, 0.2) is 0 Å². The molecule has 1 aromatic heterocycles. The van der Waals surface area contributed by atoms with Crippen LogP contribution in [0.4, 0.5) is 0 Å². The number of hydrogen-bond acceptors (Lipinski definition) is 3. The van der Waals surface area contributed by atoms with E-state index in [4.69, 9.17) is 0 Å². The van der Waals surface area contributed by atoms with Gasteiger partial charge in [-0.15, -0.1) is 10.2 Å². The van der Waals surface area contributed by atoms with E-state index in [0.717, 1.165) is 63.1 Å². The fourth-order valence-electron chi connectivity index (χ4n) is 4.76. The molecule has 1 aliphatic rings. The molecule has 0 saturated heterocycles. The second-order valence-corrected chi connectivity index (χ2v) is 8.28. The van der Waals surface area contributed by atoms with E-state index in [1.807, 2.05) is 0 Å². The van der Waals surface area contributed by atoms with Gasteiger partial charge in [0, 0.05) is 31.7 Å². The summed E-state index contributed by atoms with van der Waals surface area (Å²) >= 11 is 0. The topological polar surface area (TPSA) is 47.8 Å². The van der Waals surface area contributed by atoms with Crippen LogP contribution in [0.5, 0.6) is 0 Å². The van der Waals surface area contributed by atoms with Gasteiger partial charge in [-0.2, -0.15) is 0 Å². The van der Waals surface area contributed by atoms with Crippen LogP contribution in [0.2, 0.25) is 0 Å². The summed E-state index contributed by atoms with van der Waals surface area (Å²) in [5.74, 6) is 3.42. The molecule has 1 aliphatic carbocycles. The second kappa shape index (κ2) is 9.99. The molecule has 3 rings (SSSR count). The number of rotatable bonds is 11. The molecule has 1 aromatic carbocycles. The molecule has 4 nitrogen and oxygen atoms in total. The zero-order valence-corrected chi connectivity index (χ0v) is 17.8. The summed E-state index contributed by atoms with van der Waals surface area (Å²) in [6.07, 6.45) is 8.77. The number of ketones is 1. The van der Waals surface area contributed by atoms with Crippen LogP contribution in [-0.4, -0.2) is 20.5 Å². The molecule has 0 amide bonds. The van der Waals surface area contributed by atoms with Crippen LogP contribution in [0.1, 0.15) is 88.0 Å². The Balaban J connectivity index is 1.61.